The highest BCUT2D eigenvalue weighted by Crippen LogP contribution is 2.22. The third kappa shape index (κ3) is 4.54. The van der Waals surface area contributed by atoms with Crippen molar-refractivity contribution in [3.8, 4) is 5.75 Å². The molecule has 2 heterocycles. The van der Waals surface area contributed by atoms with Crippen molar-refractivity contribution in [3.05, 3.63) is 77.7 Å². The van der Waals surface area contributed by atoms with Gasteiger partial charge in [0, 0.05) is 18.8 Å². The summed E-state index contributed by atoms with van der Waals surface area (Å²) < 4.78 is 5.61. The summed E-state index contributed by atoms with van der Waals surface area (Å²) in [6, 6.07) is 15.7. The lowest BCUT2D eigenvalue weighted by atomic mass is 10.0. The highest BCUT2D eigenvalue weighted by Gasteiger charge is 2.18. The Bertz CT molecular complexity index is 985. The van der Waals surface area contributed by atoms with Crippen molar-refractivity contribution in [1.29, 1.82) is 0 Å². The van der Waals surface area contributed by atoms with Gasteiger partial charge in [-0.2, -0.15) is 0 Å². The summed E-state index contributed by atoms with van der Waals surface area (Å²) in [5.41, 5.74) is 3.67. The Morgan fingerprint density at radius 3 is 2.48 bits per heavy atom. The molecule has 0 fully saturated rings. The largest absolute Gasteiger partial charge is 0.491 e. The molecule has 6 heteroatoms. The van der Waals surface area contributed by atoms with Gasteiger partial charge in [0.05, 0.1) is 18.5 Å². The number of benzene rings is 2. The molecule has 0 bridgehead atoms. The smallest absolute Gasteiger partial charge is 0.275 e. The van der Waals surface area contributed by atoms with E-state index in [1.807, 2.05) is 38.1 Å². The molecule has 3 aromatic rings. The van der Waals surface area contributed by atoms with Gasteiger partial charge in [0.15, 0.2) is 0 Å². The normalized spacial score (nSPS) is 13.1. The second kappa shape index (κ2) is 8.31. The predicted octanol–water partition coefficient (Wildman–Crippen LogP) is 4.08. The van der Waals surface area contributed by atoms with Crippen LogP contribution in [0.15, 0.2) is 60.9 Å². The van der Waals surface area contributed by atoms with Crippen LogP contribution in [0.3, 0.4) is 0 Å². The van der Waals surface area contributed by atoms with Gasteiger partial charge in [-0.25, -0.2) is 9.97 Å². The molecule has 0 atom stereocenters. The number of carbonyl (C=O) groups is 1. The maximum Gasteiger partial charge on any atom is 0.275 e. The highest BCUT2D eigenvalue weighted by molar-refractivity contribution is 6.02. The maximum absolute atomic E-state index is 12.5. The number of nitrogens with one attached hydrogen (secondary N) is 1. The molecule has 1 aliphatic rings. The minimum absolute atomic E-state index is 0.109. The number of carbonyl (C=O) groups excluding carboxylic acids is 1. The zero-order chi connectivity index (χ0) is 20.2. The predicted molar refractivity (Wildman–Crippen MR) is 113 cm³/mol. The standard InChI is InChI=1S/C23H24N4O2/c1-16(2)29-20-9-7-19(8-10-20)26-23(28)21-13-25-22(14-24-21)27-12-11-17-5-3-4-6-18(17)15-27/h3-10,13-14,16H,11-12,15H2,1-2H3,(H,26,28). The van der Waals surface area contributed by atoms with Gasteiger partial charge < -0.3 is 15.0 Å². The number of fused-ring (bicyclic) bond motifs is 1. The van der Waals surface area contributed by atoms with Crippen LogP contribution in [-0.4, -0.2) is 28.5 Å². The molecule has 0 unspecified atom stereocenters. The van der Waals surface area contributed by atoms with E-state index in [0.717, 1.165) is 31.1 Å². The van der Waals surface area contributed by atoms with Gasteiger partial charge in [-0.05, 0) is 55.7 Å². The minimum Gasteiger partial charge on any atom is -0.491 e. The van der Waals surface area contributed by atoms with Crippen LogP contribution in [0.5, 0.6) is 5.75 Å². The van der Waals surface area contributed by atoms with Gasteiger partial charge in [0.2, 0.25) is 0 Å². The summed E-state index contributed by atoms with van der Waals surface area (Å²) in [5, 5.41) is 2.84. The summed E-state index contributed by atoms with van der Waals surface area (Å²) >= 11 is 0. The quantitative estimate of drug-likeness (QED) is 0.713. The summed E-state index contributed by atoms with van der Waals surface area (Å²) in [4.78, 5) is 23.4. The Labute approximate surface area is 170 Å². The van der Waals surface area contributed by atoms with Crippen LogP contribution in [-0.2, 0) is 13.0 Å². The fraction of sp³-hybridized carbons (Fsp3) is 0.261. The molecule has 2 aromatic carbocycles. The van der Waals surface area contributed by atoms with Crippen LogP contribution in [0.4, 0.5) is 11.5 Å². The number of nitrogens with zero attached hydrogens (tertiary/aromatic N) is 3. The number of aromatic nitrogens is 2. The first kappa shape index (κ1) is 18.9. The van der Waals surface area contributed by atoms with E-state index in [4.69, 9.17) is 4.74 Å². The molecule has 1 aromatic heterocycles. The van der Waals surface area contributed by atoms with Gasteiger partial charge in [0.1, 0.15) is 17.3 Å². The zero-order valence-corrected chi connectivity index (χ0v) is 16.6. The van der Waals surface area contributed by atoms with Gasteiger partial charge in [-0.3, -0.25) is 4.79 Å². The second-order valence-electron chi connectivity index (χ2n) is 7.35. The zero-order valence-electron chi connectivity index (χ0n) is 16.6. The lowest BCUT2D eigenvalue weighted by Crippen LogP contribution is -2.31. The van der Waals surface area contributed by atoms with Crippen LogP contribution in [0.1, 0.15) is 35.5 Å². The van der Waals surface area contributed by atoms with E-state index in [0.29, 0.717) is 5.69 Å². The average Bonchev–Trinajstić information content (AvgIpc) is 2.74. The van der Waals surface area contributed by atoms with Crippen LogP contribution < -0.4 is 15.0 Å². The van der Waals surface area contributed by atoms with Crippen molar-refractivity contribution < 1.29 is 9.53 Å². The van der Waals surface area contributed by atoms with E-state index in [1.54, 1.807) is 6.20 Å². The number of hydrogen-bond donors (Lipinski definition) is 1. The highest BCUT2D eigenvalue weighted by atomic mass is 16.5. The molecule has 148 valence electrons. The van der Waals surface area contributed by atoms with Gasteiger partial charge in [-0.1, -0.05) is 24.3 Å². The van der Waals surface area contributed by atoms with Crippen molar-refractivity contribution in [2.75, 3.05) is 16.8 Å². The van der Waals surface area contributed by atoms with E-state index in [2.05, 4.69) is 44.5 Å². The van der Waals surface area contributed by atoms with E-state index in [9.17, 15) is 4.79 Å². The van der Waals surface area contributed by atoms with Crippen molar-refractivity contribution in [2.24, 2.45) is 0 Å². The first-order chi connectivity index (χ1) is 14.1. The molecule has 0 radical (unpaired) electrons. The molecule has 1 aliphatic heterocycles. The fourth-order valence-corrected chi connectivity index (χ4v) is 3.38. The van der Waals surface area contributed by atoms with Gasteiger partial charge >= 0.3 is 0 Å². The maximum atomic E-state index is 12.5. The molecular formula is C23H24N4O2. The van der Waals surface area contributed by atoms with Crippen molar-refractivity contribution in [3.63, 3.8) is 0 Å². The van der Waals surface area contributed by atoms with Crippen molar-refractivity contribution >= 4 is 17.4 Å². The van der Waals surface area contributed by atoms with Crippen LogP contribution in [0.25, 0.3) is 0 Å². The Kier molecular flexibility index (Phi) is 5.42. The number of hydrogen-bond acceptors (Lipinski definition) is 5. The number of ether oxygens (including phenoxy) is 1. The number of amides is 1. The van der Waals surface area contributed by atoms with Crippen LogP contribution >= 0.6 is 0 Å². The number of rotatable bonds is 5. The third-order valence-corrected chi connectivity index (χ3v) is 4.81. The Morgan fingerprint density at radius 1 is 1.03 bits per heavy atom. The van der Waals surface area contributed by atoms with Crippen molar-refractivity contribution in [2.45, 2.75) is 32.9 Å². The van der Waals surface area contributed by atoms with Gasteiger partial charge in [-0.15, -0.1) is 0 Å². The minimum atomic E-state index is -0.287. The summed E-state index contributed by atoms with van der Waals surface area (Å²) in [6.07, 6.45) is 4.29. The molecule has 1 N–H and O–H groups in total. The summed E-state index contributed by atoms with van der Waals surface area (Å²) in [7, 11) is 0. The monoisotopic (exact) mass is 388 g/mol. The summed E-state index contributed by atoms with van der Waals surface area (Å²) in [5.74, 6) is 1.27. The molecule has 0 saturated carbocycles. The van der Waals surface area contributed by atoms with E-state index in [1.165, 1.54) is 17.3 Å². The van der Waals surface area contributed by atoms with E-state index >= 15 is 0 Å². The third-order valence-electron chi connectivity index (χ3n) is 4.81. The van der Waals surface area contributed by atoms with Crippen LogP contribution in [0.2, 0.25) is 0 Å². The molecule has 0 aliphatic carbocycles. The lowest BCUT2D eigenvalue weighted by Gasteiger charge is -2.29. The molecular weight excluding hydrogens is 364 g/mol. The Morgan fingerprint density at radius 2 is 1.79 bits per heavy atom. The molecule has 0 saturated heterocycles. The molecule has 0 spiro atoms. The lowest BCUT2D eigenvalue weighted by molar-refractivity contribution is 0.102. The molecule has 29 heavy (non-hydrogen) atoms. The second-order valence-corrected chi connectivity index (χ2v) is 7.35. The first-order valence-electron chi connectivity index (χ1n) is 9.80. The average molecular weight is 388 g/mol. The molecule has 6 nitrogen and oxygen atoms in total. The van der Waals surface area contributed by atoms with E-state index < -0.39 is 0 Å². The number of anilines is 2. The fourth-order valence-electron chi connectivity index (χ4n) is 3.38. The summed E-state index contributed by atoms with van der Waals surface area (Å²) in [6.45, 7) is 5.64. The van der Waals surface area contributed by atoms with Gasteiger partial charge in [0.25, 0.3) is 5.91 Å². The molecule has 4 rings (SSSR count). The Hall–Kier alpha value is -3.41. The van der Waals surface area contributed by atoms with Crippen molar-refractivity contribution in [1.82, 2.24) is 9.97 Å². The Balaban J connectivity index is 1.39. The first-order valence-corrected chi connectivity index (χ1v) is 9.80. The van der Waals surface area contributed by atoms with Crippen LogP contribution in [0, 0.1) is 0 Å². The molecule has 1 amide bonds. The SMILES string of the molecule is CC(C)Oc1ccc(NC(=O)c2cnc(N3CCc4ccccc4C3)cn2)cc1. The van der Waals surface area contributed by atoms with E-state index in [-0.39, 0.29) is 17.7 Å². The topological polar surface area (TPSA) is 67.3 Å².